The molecule has 0 bridgehead atoms. The van der Waals surface area contributed by atoms with E-state index in [9.17, 15) is 18.0 Å². The van der Waals surface area contributed by atoms with Crippen LogP contribution in [0.5, 0.6) is 0 Å². The van der Waals surface area contributed by atoms with Crippen LogP contribution in [0.2, 0.25) is 0 Å². The highest BCUT2D eigenvalue weighted by Crippen LogP contribution is 2.42. The highest BCUT2D eigenvalue weighted by Gasteiger charge is 2.41. The number of anilines is 1. The van der Waals surface area contributed by atoms with Crippen molar-refractivity contribution in [2.24, 2.45) is 13.0 Å². The van der Waals surface area contributed by atoms with Gasteiger partial charge in [-0.25, -0.2) is 0 Å². The Balaban J connectivity index is 1.33. The maximum absolute atomic E-state index is 14.2. The zero-order chi connectivity index (χ0) is 27.4. The number of carbonyl (C=O) groups is 1. The normalized spacial score (nSPS) is 21.2. The van der Waals surface area contributed by atoms with Gasteiger partial charge in [-0.1, -0.05) is 12.1 Å². The number of aryl methyl sites for hydroxylation is 1. The molecule has 2 aromatic carbocycles. The van der Waals surface area contributed by atoms with Gasteiger partial charge in [-0.15, -0.1) is 10.2 Å². The molecule has 1 aromatic heterocycles. The number of ether oxygens (including phenoxy) is 1. The summed E-state index contributed by atoms with van der Waals surface area (Å²) in [6, 6.07) is 10.3. The summed E-state index contributed by atoms with van der Waals surface area (Å²) in [6.07, 6.45) is 1.06. The summed E-state index contributed by atoms with van der Waals surface area (Å²) >= 11 is 0. The van der Waals surface area contributed by atoms with Gasteiger partial charge in [-0.05, 0) is 79.5 Å². The Labute approximate surface area is 225 Å². The molecule has 39 heavy (non-hydrogen) atoms. The highest BCUT2D eigenvalue weighted by atomic mass is 19.4. The molecule has 2 atom stereocenters. The maximum atomic E-state index is 14.2. The van der Waals surface area contributed by atoms with E-state index in [0.29, 0.717) is 31.0 Å². The second-order valence-corrected chi connectivity index (χ2v) is 11.3. The van der Waals surface area contributed by atoms with Crippen LogP contribution in [-0.4, -0.2) is 39.4 Å². The topological polar surface area (TPSA) is 72.3 Å². The number of aromatic nitrogens is 3. The van der Waals surface area contributed by atoms with E-state index >= 15 is 0 Å². The Morgan fingerprint density at radius 3 is 2.69 bits per heavy atom. The molecule has 7 nitrogen and oxygen atoms in total. The molecule has 2 aliphatic heterocycles. The monoisotopic (exact) mass is 539 g/mol. The summed E-state index contributed by atoms with van der Waals surface area (Å²) < 4.78 is 50.1. The number of nitrogens with one attached hydrogen (secondary N) is 1. The lowest BCUT2D eigenvalue weighted by molar-refractivity contribution is -0.138. The first kappa shape index (κ1) is 26.0. The Kier molecular flexibility index (Phi) is 6.50. The number of nitrogens with zero attached hydrogens (tertiary/aromatic N) is 4. The number of halogens is 3. The summed E-state index contributed by atoms with van der Waals surface area (Å²) in [5.41, 5.74) is 1.33. The van der Waals surface area contributed by atoms with E-state index in [-0.39, 0.29) is 35.0 Å². The molecule has 1 saturated carbocycles. The van der Waals surface area contributed by atoms with E-state index in [1.54, 1.807) is 18.5 Å². The molecule has 1 N–H and O–H groups in total. The molecule has 0 spiro atoms. The molecule has 3 aliphatic rings. The van der Waals surface area contributed by atoms with E-state index in [1.165, 1.54) is 11.0 Å². The third-order valence-electron chi connectivity index (χ3n) is 8.59. The van der Waals surface area contributed by atoms with E-state index in [4.69, 9.17) is 4.74 Å². The number of amides is 1. The van der Waals surface area contributed by atoms with Crippen LogP contribution in [0, 0.1) is 5.92 Å². The fraction of sp³-hybridized carbons (Fsp3) is 0.483. The number of hydrogen-bond donors (Lipinski definition) is 1. The van der Waals surface area contributed by atoms with Crippen LogP contribution in [0.3, 0.4) is 0 Å². The van der Waals surface area contributed by atoms with Gasteiger partial charge in [-0.3, -0.25) is 4.79 Å². The minimum absolute atomic E-state index is 0.0329. The third kappa shape index (κ3) is 4.84. The van der Waals surface area contributed by atoms with Gasteiger partial charge >= 0.3 is 6.18 Å². The second-order valence-electron chi connectivity index (χ2n) is 11.3. The lowest BCUT2D eigenvalue weighted by Crippen LogP contribution is -2.47. The van der Waals surface area contributed by atoms with Crippen molar-refractivity contribution < 1.29 is 22.7 Å². The fourth-order valence-corrected chi connectivity index (χ4v) is 6.14. The van der Waals surface area contributed by atoms with Gasteiger partial charge in [0.25, 0.3) is 5.91 Å². The summed E-state index contributed by atoms with van der Waals surface area (Å²) in [5, 5.41) is 11.8. The van der Waals surface area contributed by atoms with Crippen LogP contribution >= 0.6 is 0 Å². The molecule has 206 valence electrons. The molecular weight excluding hydrogens is 507 g/mol. The second kappa shape index (κ2) is 9.75. The van der Waals surface area contributed by atoms with Crippen molar-refractivity contribution in [3.05, 3.63) is 76.4 Å². The lowest BCUT2D eigenvalue weighted by atomic mass is 9.78. The van der Waals surface area contributed by atoms with Crippen LogP contribution < -0.4 is 10.2 Å². The molecule has 1 amide bonds. The first-order chi connectivity index (χ1) is 18.6. The summed E-state index contributed by atoms with van der Waals surface area (Å²) in [7, 11) is 1.89. The van der Waals surface area contributed by atoms with Crippen LogP contribution in [0.4, 0.5) is 18.9 Å². The first-order valence-electron chi connectivity index (χ1n) is 13.4. The Morgan fingerprint density at radius 2 is 2.05 bits per heavy atom. The minimum atomic E-state index is -4.56. The van der Waals surface area contributed by atoms with Gasteiger partial charge in [0.1, 0.15) is 12.2 Å². The third-order valence-corrected chi connectivity index (χ3v) is 8.59. The highest BCUT2D eigenvalue weighted by molar-refractivity contribution is 6.10. The van der Waals surface area contributed by atoms with Gasteiger partial charge in [0.05, 0.1) is 18.7 Å². The van der Waals surface area contributed by atoms with Crippen LogP contribution in [0.25, 0.3) is 0 Å². The molecule has 1 saturated heterocycles. The zero-order valence-electron chi connectivity index (χ0n) is 22.1. The van der Waals surface area contributed by atoms with E-state index in [0.717, 1.165) is 37.1 Å². The van der Waals surface area contributed by atoms with Crippen molar-refractivity contribution in [1.82, 2.24) is 20.1 Å². The number of fused-ring (bicyclic) bond motifs is 1. The van der Waals surface area contributed by atoms with Crippen molar-refractivity contribution in [1.29, 1.82) is 0 Å². The molecule has 3 heterocycles. The predicted molar refractivity (Wildman–Crippen MR) is 139 cm³/mol. The molecule has 3 aromatic rings. The Morgan fingerprint density at radius 1 is 1.23 bits per heavy atom. The Bertz CT molecular complexity index is 1390. The van der Waals surface area contributed by atoms with Gasteiger partial charge in [0.15, 0.2) is 0 Å². The maximum Gasteiger partial charge on any atom is 0.416 e. The van der Waals surface area contributed by atoms with Crippen LogP contribution in [0.15, 0.2) is 42.7 Å². The number of rotatable bonds is 7. The molecule has 0 radical (unpaired) electrons. The molecule has 1 aliphatic carbocycles. The fourth-order valence-electron chi connectivity index (χ4n) is 6.14. The molecular formula is C29H32F3N5O2. The summed E-state index contributed by atoms with van der Waals surface area (Å²) in [5.74, 6) is 0.439. The predicted octanol–water partition coefficient (Wildman–Crippen LogP) is 5.19. The number of hydrogen-bond acceptors (Lipinski definition) is 5. The molecule has 10 heteroatoms. The van der Waals surface area contributed by atoms with Gasteiger partial charge < -0.3 is 19.5 Å². The molecule has 0 unspecified atom stereocenters. The van der Waals surface area contributed by atoms with Crippen molar-refractivity contribution in [2.45, 2.75) is 63.3 Å². The van der Waals surface area contributed by atoms with E-state index in [1.807, 2.05) is 29.8 Å². The standard InChI is InChI=1S/C29H32F3N5O2/c1-28(8-4-9-28)33-14-18-11-22-23(24(12-18)29(30,31)32)15-37(27(22)38)21-6-3-5-19(13-21)25(20-7-10-39-16-20)26-35-34-17-36(26)2/h3,5-6,11-13,17,20,25,33H,4,7-10,14-16H2,1-2H3/t20-,25+/m0/s1. The largest absolute Gasteiger partial charge is 0.416 e. The number of alkyl halides is 3. The summed E-state index contributed by atoms with van der Waals surface area (Å²) in [6.45, 7) is 3.49. The van der Waals surface area contributed by atoms with Gasteiger partial charge in [0.2, 0.25) is 0 Å². The Hall–Kier alpha value is -3.24. The van der Waals surface area contributed by atoms with Crippen molar-refractivity contribution in [3.63, 3.8) is 0 Å². The molecule has 2 fully saturated rings. The van der Waals surface area contributed by atoms with Crippen molar-refractivity contribution in [3.8, 4) is 0 Å². The molecule has 6 rings (SSSR count). The average Bonchev–Trinajstić information content (AvgIpc) is 3.63. The van der Waals surface area contributed by atoms with E-state index < -0.39 is 17.6 Å². The lowest BCUT2D eigenvalue weighted by Gasteiger charge is -2.39. The SMILES string of the molecule is Cn1cnnc1[C@H](c1cccc(N2Cc3c(cc(CNC4(C)CCC4)cc3C(F)(F)F)C2=O)c1)[C@H]1CCOC1. The van der Waals surface area contributed by atoms with Crippen LogP contribution in [-0.2, 0) is 31.1 Å². The van der Waals surface area contributed by atoms with Gasteiger partial charge in [-0.2, -0.15) is 13.2 Å². The van der Waals surface area contributed by atoms with Gasteiger partial charge in [0, 0.05) is 42.9 Å². The van der Waals surface area contributed by atoms with Crippen molar-refractivity contribution >= 4 is 11.6 Å². The van der Waals surface area contributed by atoms with Crippen LogP contribution in [0.1, 0.15) is 77.0 Å². The smallest absolute Gasteiger partial charge is 0.381 e. The average molecular weight is 540 g/mol. The zero-order valence-corrected chi connectivity index (χ0v) is 22.1. The summed E-state index contributed by atoms with van der Waals surface area (Å²) in [4.78, 5) is 15.1. The first-order valence-corrected chi connectivity index (χ1v) is 13.4. The minimum Gasteiger partial charge on any atom is -0.381 e. The quantitative estimate of drug-likeness (QED) is 0.447. The van der Waals surface area contributed by atoms with E-state index in [2.05, 4.69) is 22.4 Å². The van der Waals surface area contributed by atoms with Crippen molar-refractivity contribution in [2.75, 3.05) is 18.1 Å². The number of benzene rings is 2. The number of carbonyl (C=O) groups excluding carboxylic acids is 1.